The summed E-state index contributed by atoms with van der Waals surface area (Å²) in [5.41, 5.74) is 7.85. The van der Waals surface area contributed by atoms with Crippen LogP contribution in [0, 0.1) is 11.8 Å². The molecule has 0 aliphatic heterocycles. The number of aromatic nitrogens is 1. The van der Waals surface area contributed by atoms with Crippen LogP contribution in [0.25, 0.3) is 10.9 Å². The highest BCUT2D eigenvalue weighted by Gasteiger charge is 2.26. The van der Waals surface area contributed by atoms with E-state index >= 15 is 0 Å². The summed E-state index contributed by atoms with van der Waals surface area (Å²) in [5.74, 6) is 2.46. The van der Waals surface area contributed by atoms with Crippen LogP contribution in [0.2, 0.25) is 0 Å². The van der Waals surface area contributed by atoms with Crippen molar-refractivity contribution in [3.8, 4) is 5.75 Å². The van der Waals surface area contributed by atoms with E-state index in [0.29, 0.717) is 12.6 Å². The van der Waals surface area contributed by atoms with Crippen molar-refractivity contribution >= 4 is 10.9 Å². The lowest BCUT2D eigenvalue weighted by Gasteiger charge is -2.33. The second kappa shape index (κ2) is 6.02. The minimum Gasteiger partial charge on any atom is -0.489 e. The Balaban J connectivity index is 1.92. The average molecular weight is 284 g/mol. The lowest BCUT2D eigenvalue weighted by atomic mass is 9.80. The molecule has 3 rings (SSSR count). The van der Waals surface area contributed by atoms with E-state index in [-0.39, 0.29) is 0 Å². The summed E-state index contributed by atoms with van der Waals surface area (Å²) in [6, 6.07) is 8.13. The van der Waals surface area contributed by atoms with Gasteiger partial charge in [-0.1, -0.05) is 26.0 Å². The van der Waals surface area contributed by atoms with Gasteiger partial charge in [-0.25, -0.2) is 0 Å². The highest BCUT2D eigenvalue weighted by Crippen LogP contribution is 2.35. The Morgan fingerprint density at radius 1 is 1.19 bits per heavy atom. The maximum Gasteiger partial charge on any atom is 0.135 e. The summed E-state index contributed by atoms with van der Waals surface area (Å²) in [5, 5.41) is 1.08. The summed E-state index contributed by atoms with van der Waals surface area (Å²) in [6.45, 7) is 5.13. The van der Waals surface area contributed by atoms with Gasteiger partial charge < -0.3 is 10.5 Å². The van der Waals surface area contributed by atoms with Crippen molar-refractivity contribution < 1.29 is 4.74 Å². The molecule has 3 nitrogen and oxygen atoms in total. The van der Waals surface area contributed by atoms with Crippen LogP contribution in [0.4, 0.5) is 0 Å². The molecule has 1 heterocycles. The van der Waals surface area contributed by atoms with E-state index in [0.717, 1.165) is 46.9 Å². The molecule has 1 aromatic carbocycles. The number of hydrogen-bond donors (Lipinski definition) is 1. The van der Waals surface area contributed by atoms with Gasteiger partial charge in [0, 0.05) is 23.7 Å². The molecule has 1 aliphatic rings. The van der Waals surface area contributed by atoms with Crippen LogP contribution in [0.1, 0.15) is 38.7 Å². The van der Waals surface area contributed by atoms with Crippen LogP contribution < -0.4 is 10.5 Å². The Hall–Kier alpha value is -1.61. The first-order valence-electron chi connectivity index (χ1n) is 7.92. The fourth-order valence-electron chi connectivity index (χ4n) is 3.21. The molecule has 1 fully saturated rings. The Labute approximate surface area is 126 Å². The summed E-state index contributed by atoms with van der Waals surface area (Å²) in [6.07, 6.45) is 5.65. The molecule has 0 bridgehead atoms. The molecule has 1 aromatic heterocycles. The summed E-state index contributed by atoms with van der Waals surface area (Å²) in [7, 11) is 0. The van der Waals surface area contributed by atoms with Crippen LogP contribution in [0.5, 0.6) is 5.75 Å². The fourth-order valence-corrected chi connectivity index (χ4v) is 3.21. The van der Waals surface area contributed by atoms with Crippen LogP contribution in [0.3, 0.4) is 0 Å². The van der Waals surface area contributed by atoms with Gasteiger partial charge in [0.25, 0.3) is 0 Å². The van der Waals surface area contributed by atoms with Gasteiger partial charge in [-0.3, -0.25) is 4.98 Å². The quantitative estimate of drug-likeness (QED) is 0.930. The van der Waals surface area contributed by atoms with Gasteiger partial charge in [0.15, 0.2) is 0 Å². The normalized spacial score (nSPS) is 26.0. The van der Waals surface area contributed by atoms with Gasteiger partial charge in [0.1, 0.15) is 5.75 Å². The molecule has 0 radical (unpaired) electrons. The van der Waals surface area contributed by atoms with Gasteiger partial charge in [-0.15, -0.1) is 0 Å². The number of para-hydroxylation sites is 1. The highest BCUT2D eigenvalue weighted by atomic mass is 16.5. The molecule has 0 amide bonds. The van der Waals surface area contributed by atoms with Crippen molar-refractivity contribution in [1.29, 1.82) is 0 Å². The number of pyridine rings is 1. The Bertz CT molecular complexity index is 626. The van der Waals surface area contributed by atoms with Crippen molar-refractivity contribution in [2.45, 2.75) is 45.8 Å². The SMILES string of the molecule is CC1CCC(Oc2c(CN)cnc3ccccc23)CC1C. The summed E-state index contributed by atoms with van der Waals surface area (Å²) < 4.78 is 6.39. The first-order valence-corrected chi connectivity index (χ1v) is 7.92. The topological polar surface area (TPSA) is 48.1 Å². The third-order valence-corrected chi connectivity index (χ3v) is 4.85. The number of benzene rings is 1. The Kier molecular flexibility index (Phi) is 4.11. The zero-order chi connectivity index (χ0) is 14.8. The molecule has 3 heteroatoms. The minimum atomic E-state index is 0.298. The second-order valence-corrected chi connectivity index (χ2v) is 6.34. The van der Waals surface area contributed by atoms with E-state index in [1.165, 1.54) is 6.42 Å². The molecular weight excluding hydrogens is 260 g/mol. The summed E-state index contributed by atoms with van der Waals surface area (Å²) >= 11 is 0. The molecular formula is C18H24N2O. The monoisotopic (exact) mass is 284 g/mol. The van der Waals surface area contributed by atoms with Crippen LogP contribution in [-0.2, 0) is 6.54 Å². The van der Waals surface area contributed by atoms with E-state index in [1.54, 1.807) is 0 Å². The van der Waals surface area contributed by atoms with Crippen molar-refractivity contribution in [1.82, 2.24) is 4.98 Å². The molecule has 3 atom stereocenters. The molecule has 2 N–H and O–H groups in total. The molecule has 112 valence electrons. The molecule has 21 heavy (non-hydrogen) atoms. The minimum absolute atomic E-state index is 0.298. The van der Waals surface area contributed by atoms with Crippen molar-refractivity contribution in [2.75, 3.05) is 0 Å². The van der Waals surface area contributed by atoms with E-state index in [1.807, 2.05) is 24.4 Å². The summed E-state index contributed by atoms with van der Waals surface area (Å²) in [4.78, 5) is 4.47. The number of nitrogens with two attached hydrogens (primary N) is 1. The van der Waals surface area contributed by atoms with Gasteiger partial charge in [-0.05, 0) is 43.2 Å². The van der Waals surface area contributed by atoms with Crippen LogP contribution in [0.15, 0.2) is 30.5 Å². The smallest absolute Gasteiger partial charge is 0.135 e. The first-order chi connectivity index (χ1) is 10.2. The lowest BCUT2D eigenvalue weighted by Crippen LogP contribution is -2.29. The lowest BCUT2D eigenvalue weighted by molar-refractivity contribution is 0.101. The highest BCUT2D eigenvalue weighted by molar-refractivity contribution is 5.86. The van der Waals surface area contributed by atoms with Gasteiger partial charge in [0.2, 0.25) is 0 Å². The predicted molar refractivity (Wildman–Crippen MR) is 86.2 cm³/mol. The van der Waals surface area contributed by atoms with E-state index in [2.05, 4.69) is 24.9 Å². The van der Waals surface area contributed by atoms with E-state index in [4.69, 9.17) is 10.5 Å². The number of fused-ring (bicyclic) bond motifs is 1. The van der Waals surface area contributed by atoms with Crippen molar-refractivity contribution in [3.63, 3.8) is 0 Å². The van der Waals surface area contributed by atoms with E-state index < -0.39 is 0 Å². The fraction of sp³-hybridized carbons (Fsp3) is 0.500. The number of rotatable bonds is 3. The van der Waals surface area contributed by atoms with Crippen molar-refractivity contribution in [2.24, 2.45) is 17.6 Å². The van der Waals surface area contributed by atoms with Gasteiger partial charge in [-0.2, -0.15) is 0 Å². The molecule has 1 aliphatic carbocycles. The van der Waals surface area contributed by atoms with Crippen molar-refractivity contribution in [3.05, 3.63) is 36.0 Å². The van der Waals surface area contributed by atoms with Crippen LogP contribution in [-0.4, -0.2) is 11.1 Å². The van der Waals surface area contributed by atoms with Crippen LogP contribution >= 0.6 is 0 Å². The van der Waals surface area contributed by atoms with E-state index in [9.17, 15) is 0 Å². The number of hydrogen-bond acceptors (Lipinski definition) is 3. The first kappa shape index (κ1) is 14.3. The van der Waals surface area contributed by atoms with Gasteiger partial charge >= 0.3 is 0 Å². The molecule has 2 aromatic rings. The number of ether oxygens (including phenoxy) is 1. The second-order valence-electron chi connectivity index (χ2n) is 6.34. The Morgan fingerprint density at radius 2 is 2.00 bits per heavy atom. The van der Waals surface area contributed by atoms with Gasteiger partial charge in [0.05, 0.1) is 11.6 Å². The standard InChI is InChI=1S/C18H24N2O/c1-12-7-8-15(9-13(12)2)21-18-14(10-19)11-20-17-6-4-3-5-16(17)18/h3-6,11-13,15H,7-10,19H2,1-2H3. The maximum absolute atomic E-state index is 6.39. The maximum atomic E-state index is 6.39. The largest absolute Gasteiger partial charge is 0.489 e. The zero-order valence-electron chi connectivity index (χ0n) is 12.9. The Morgan fingerprint density at radius 3 is 2.76 bits per heavy atom. The molecule has 0 saturated heterocycles. The molecule has 1 saturated carbocycles. The zero-order valence-corrected chi connectivity index (χ0v) is 12.9. The predicted octanol–water partition coefficient (Wildman–Crippen LogP) is 3.90. The third-order valence-electron chi connectivity index (χ3n) is 4.85. The molecule has 0 spiro atoms. The molecule has 3 unspecified atom stereocenters. The average Bonchev–Trinajstić information content (AvgIpc) is 2.51. The number of nitrogens with zero attached hydrogens (tertiary/aromatic N) is 1. The third kappa shape index (κ3) is 2.88.